The zero-order valence-corrected chi connectivity index (χ0v) is 18.1. The number of hydrogen-bond acceptors (Lipinski definition) is 7. The van der Waals surface area contributed by atoms with Crippen LogP contribution in [0.5, 0.6) is 0 Å². The van der Waals surface area contributed by atoms with Gasteiger partial charge in [0.25, 0.3) is 11.8 Å². The summed E-state index contributed by atoms with van der Waals surface area (Å²) in [6.45, 7) is 5.61. The van der Waals surface area contributed by atoms with Crippen LogP contribution in [-0.2, 0) is 23.9 Å². The van der Waals surface area contributed by atoms with Crippen molar-refractivity contribution in [2.45, 2.75) is 51.7 Å². The average Bonchev–Trinajstić information content (AvgIpc) is 2.94. The molecule has 1 unspecified atom stereocenters. The second-order valence-corrected chi connectivity index (χ2v) is 8.40. The fourth-order valence-electron chi connectivity index (χ4n) is 3.36. The molecule has 9 heteroatoms. The molecule has 1 atom stereocenters. The first-order chi connectivity index (χ1) is 15.1. The molecule has 1 N–H and O–H groups in total. The van der Waals surface area contributed by atoms with Gasteiger partial charge in [-0.05, 0) is 45.4 Å². The van der Waals surface area contributed by atoms with Gasteiger partial charge in [0.05, 0.1) is 24.2 Å². The largest absolute Gasteiger partial charge is 0.460 e. The van der Waals surface area contributed by atoms with Gasteiger partial charge in [0.2, 0.25) is 11.8 Å². The first kappa shape index (κ1) is 23.2. The number of rotatable bonds is 5. The summed E-state index contributed by atoms with van der Waals surface area (Å²) in [6, 6.07) is 3.59. The minimum Gasteiger partial charge on any atom is -0.460 e. The van der Waals surface area contributed by atoms with Gasteiger partial charge in [0.15, 0.2) is 0 Å². The molecule has 0 saturated carbocycles. The van der Waals surface area contributed by atoms with Crippen molar-refractivity contribution in [1.29, 1.82) is 0 Å². The van der Waals surface area contributed by atoms with Crippen molar-refractivity contribution >= 4 is 29.6 Å². The Bertz CT molecular complexity index is 1040. The maximum absolute atomic E-state index is 12.8. The molecule has 3 rings (SSSR count). The number of amides is 4. The Hall–Kier alpha value is -3.51. The molecule has 168 valence electrons. The highest BCUT2D eigenvalue weighted by Gasteiger charge is 2.44. The third-order valence-corrected chi connectivity index (χ3v) is 4.72. The van der Waals surface area contributed by atoms with Crippen LogP contribution in [0.2, 0.25) is 0 Å². The van der Waals surface area contributed by atoms with Gasteiger partial charge in [0.1, 0.15) is 18.2 Å². The van der Waals surface area contributed by atoms with Crippen LogP contribution in [-0.4, -0.2) is 59.4 Å². The van der Waals surface area contributed by atoms with Crippen molar-refractivity contribution in [1.82, 2.24) is 10.2 Å². The summed E-state index contributed by atoms with van der Waals surface area (Å²) >= 11 is 0. The third kappa shape index (κ3) is 5.39. The molecule has 0 radical (unpaired) electrons. The molecule has 2 aliphatic rings. The van der Waals surface area contributed by atoms with Gasteiger partial charge in [-0.3, -0.25) is 34.2 Å². The molecule has 0 aliphatic carbocycles. The highest BCUT2D eigenvalue weighted by Crippen LogP contribution is 2.28. The van der Waals surface area contributed by atoms with Gasteiger partial charge in [-0.1, -0.05) is 11.8 Å². The van der Waals surface area contributed by atoms with Gasteiger partial charge in [-0.15, -0.1) is 0 Å². The number of hydrogen-bond donors (Lipinski definition) is 1. The Balaban J connectivity index is 1.58. The maximum Gasteiger partial charge on any atom is 0.308 e. The lowest BCUT2D eigenvalue weighted by atomic mass is 10.0. The summed E-state index contributed by atoms with van der Waals surface area (Å²) in [4.78, 5) is 61.4. The minimum absolute atomic E-state index is 0.0640. The lowest BCUT2D eigenvalue weighted by Gasteiger charge is -2.27. The lowest BCUT2D eigenvalue weighted by Crippen LogP contribution is -2.54. The highest BCUT2D eigenvalue weighted by molar-refractivity contribution is 6.23. The zero-order valence-electron chi connectivity index (χ0n) is 18.1. The van der Waals surface area contributed by atoms with E-state index in [-0.39, 0.29) is 49.6 Å². The maximum atomic E-state index is 12.8. The summed E-state index contributed by atoms with van der Waals surface area (Å²) in [5.41, 5.74) is 0.318. The number of carbonyl (C=O) groups is 5. The molecule has 1 aromatic carbocycles. The van der Waals surface area contributed by atoms with Crippen molar-refractivity contribution in [2.75, 3.05) is 13.2 Å². The molecule has 4 amide bonds. The predicted molar refractivity (Wildman–Crippen MR) is 111 cm³/mol. The third-order valence-electron chi connectivity index (χ3n) is 4.72. The highest BCUT2D eigenvalue weighted by atomic mass is 16.6. The quantitative estimate of drug-likeness (QED) is 0.316. The summed E-state index contributed by atoms with van der Waals surface area (Å²) in [7, 11) is 0. The molecule has 0 aromatic heterocycles. The zero-order chi connectivity index (χ0) is 23.5. The van der Waals surface area contributed by atoms with Crippen LogP contribution in [0.25, 0.3) is 0 Å². The smallest absolute Gasteiger partial charge is 0.308 e. The summed E-state index contributed by atoms with van der Waals surface area (Å²) < 4.78 is 10.5. The van der Waals surface area contributed by atoms with E-state index in [0.29, 0.717) is 5.56 Å². The number of ether oxygens (including phenoxy) is 2. The van der Waals surface area contributed by atoms with Crippen LogP contribution in [0.4, 0.5) is 0 Å². The van der Waals surface area contributed by atoms with E-state index >= 15 is 0 Å². The SMILES string of the molecule is CC(C)(C)OC(=O)CCOCC#Cc1ccc2c(c1)C(=O)N(C1CCC(=O)NC1=O)C2=O. The van der Waals surface area contributed by atoms with E-state index < -0.39 is 35.3 Å². The number of fused-ring (bicyclic) bond motifs is 1. The number of piperidine rings is 1. The fourth-order valence-corrected chi connectivity index (χ4v) is 3.36. The average molecular weight is 440 g/mol. The molecular formula is C23H24N2O7. The molecule has 0 bridgehead atoms. The second-order valence-electron chi connectivity index (χ2n) is 8.40. The first-order valence-corrected chi connectivity index (χ1v) is 10.2. The standard InChI is InChI=1S/C23H24N2O7/c1-23(2,3)32-19(27)10-12-31-11-4-5-14-6-7-15-16(13-14)22(30)25(21(15)29)17-8-9-18(26)24-20(17)28/h6-7,13,17H,8-12H2,1-3H3,(H,24,26,28). The molecule has 1 saturated heterocycles. The molecule has 9 nitrogen and oxygen atoms in total. The summed E-state index contributed by atoms with van der Waals surface area (Å²) in [5, 5.41) is 2.16. The van der Waals surface area contributed by atoms with Crippen LogP contribution < -0.4 is 5.32 Å². The minimum atomic E-state index is -1.01. The first-order valence-electron chi connectivity index (χ1n) is 10.2. The molecule has 32 heavy (non-hydrogen) atoms. The van der Waals surface area contributed by atoms with E-state index in [0.717, 1.165) is 4.90 Å². The number of imide groups is 2. The van der Waals surface area contributed by atoms with Crippen molar-refractivity contribution in [3.8, 4) is 11.8 Å². The summed E-state index contributed by atoms with van der Waals surface area (Å²) in [5.74, 6) is 3.06. The number of benzene rings is 1. The van der Waals surface area contributed by atoms with Gasteiger partial charge in [-0.2, -0.15) is 0 Å². The van der Waals surface area contributed by atoms with Crippen molar-refractivity contribution in [3.63, 3.8) is 0 Å². The summed E-state index contributed by atoms with van der Waals surface area (Å²) in [6.07, 6.45) is 0.280. The van der Waals surface area contributed by atoms with Crippen LogP contribution in [0.15, 0.2) is 18.2 Å². The number of esters is 1. The van der Waals surface area contributed by atoms with E-state index in [9.17, 15) is 24.0 Å². The van der Waals surface area contributed by atoms with E-state index in [2.05, 4.69) is 17.2 Å². The Morgan fingerprint density at radius 1 is 1.16 bits per heavy atom. The lowest BCUT2D eigenvalue weighted by molar-refractivity contribution is -0.156. The van der Waals surface area contributed by atoms with E-state index in [1.54, 1.807) is 26.8 Å². The Kier molecular flexibility index (Phi) is 6.75. The number of carbonyl (C=O) groups excluding carboxylic acids is 5. The van der Waals surface area contributed by atoms with Crippen LogP contribution in [0.1, 0.15) is 66.3 Å². The Morgan fingerprint density at radius 3 is 2.56 bits per heavy atom. The normalized spacial score (nSPS) is 18.1. The molecular weight excluding hydrogens is 416 g/mol. The number of nitrogens with zero attached hydrogens (tertiary/aromatic N) is 1. The van der Waals surface area contributed by atoms with E-state index in [1.807, 2.05) is 0 Å². The monoisotopic (exact) mass is 440 g/mol. The van der Waals surface area contributed by atoms with Crippen molar-refractivity contribution in [2.24, 2.45) is 0 Å². The molecule has 2 heterocycles. The van der Waals surface area contributed by atoms with Crippen molar-refractivity contribution < 1.29 is 33.4 Å². The van der Waals surface area contributed by atoms with Gasteiger partial charge in [-0.25, -0.2) is 0 Å². The topological polar surface area (TPSA) is 119 Å². The molecule has 2 aliphatic heterocycles. The number of nitrogens with one attached hydrogen (secondary N) is 1. The van der Waals surface area contributed by atoms with Crippen LogP contribution >= 0.6 is 0 Å². The Morgan fingerprint density at radius 2 is 1.88 bits per heavy atom. The van der Waals surface area contributed by atoms with E-state index in [4.69, 9.17) is 9.47 Å². The molecule has 1 aromatic rings. The Labute approximate surface area is 185 Å². The van der Waals surface area contributed by atoms with Crippen LogP contribution in [0, 0.1) is 11.8 Å². The van der Waals surface area contributed by atoms with Gasteiger partial charge >= 0.3 is 5.97 Å². The molecule has 0 spiro atoms. The van der Waals surface area contributed by atoms with Gasteiger partial charge in [0, 0.05) is 12.0 Å². The van der Waals surface area contributed by atoms with Crippen molar-refractivity contribution in [3.05, 3.63) is 34.9 Å². The predicted octanol–water partition coefficient (Wildman–Crippen LogP) is 1.19. The van der Waals surface area contributed by atoms with E-state index in [1.165, 1.54) is 12.1 Å². The second kappa shape index (κ2) is 9.32. The molecule has 1 fully saturated rings. The van der Waals surface area contributed by atoms with Crippen LogP contribution in [0.3, 0.4) is 0 Å². The van der Waals surface area contributed by atoms with Gasteiger partial charge < -0.3 is 9.47 Å². The fraction of sp³-hybridized carbons (Fsp3) is 0.435.